The Morgan fingerprint density at radius 3 is 2.71 bits per heavy atom. The maximum atomic E-state index is 10.4. The summed E-state index contributed by atoms with van der Waals surface area (Å²) in [5, 5.41) is 12.3. The van der Waals surface area contributed by atoms with Gasteiger partial charge in [-0.05, 0) is 0 Å². The number of nitrogens with zero attached hydrogens (tertiary/aromatic N) is 3. The maximum absolute atomic E-state index is 10.4. The van der Waals surface area contributed by atoms with Gasteiger partial charge >= 0.3 is 12.0 Å². The molecule has 0 aliphatic heterocycles. The van der Waals surface area contributed by atoms with Crippen LogP contribution in [0, 0.1) is 0 Å². The first-order valence-corrected chi connectivity index (χ1v) is 4.27. The van der Waals surface area contributed by atoms with Crippen LogP contribution < -0.4 is 4.90 Å². The van der Waals surface area contributed by atoms with Crippen molar-refractivity contribution in [2.75, 3.05) is 18.5 Å². The quantitative estimate of drug-likeness (QED) is 0.769. The number of aliphatic carboxylic acids is 1. The number of carboxylic acid groups (broad SMARTS) is 1. The van der Waals surface area contributed by atoms with Crippen molar-refractivity contribution in [1.29, 1.82) is 0 Å². The summed E-state index contributed by atoms with van der Waals surface area (Å²) in [5.41, 5.74) is 0. The van der Waals surface area contributed by atoms with Gasteiger partial charge in [0.05, 0.1) is 0 Å². The van der Waals surface area contributed by atoms with Crippen LogP contribution in [0.2, 0.25) is 0 Å². The van der Waals surface area contributed by atoms with Gasteiger partial charge in [-0.15, -0.1) is 0 Å². The third-order valence-electron chi connectivity index (χ3n) is 1.65. The molecule has 0 saturated heterocycles. The lowest BCUT2D eigenvalue weighted by molar-refractivity contribution is -0.135. The summed E-state index contributed by atoms with van der Waals surface area (Å²) >= 11 is 0. The normalized spacial score (nSPS) is 10.6. The van der Waals surface area contributed by atoms with Crippen LogP contribution in [-0.4, -0.2) is 34.8 Å². The van der Waals surface area contributed by atoms with Gasteiger partial charge in [0.15, 0.2) is 5.82 Å². The van der Waals surface area contributed by atoms with E-state index in [1.165, 1.54) is 4.90 Å². The largest absolute Gasteiger partial charge is 0.480 e. The number of aromatic nitrogens is 2. The first-order chi connectivity index (χ1) is 6.50. The van der Waals surface area contributed by atoms with Crippen molar-refractivity contribution in [3.63, 3.8) is 0 Å². The van der Waals surface area contributed by atoms with Gasteiger partial charge in [-0.2, -0.15) is 4.98 Å². The molecule has 0 fully saturated rings. The van der Waals surface area contributed by atoms with Crippen LogP contribution in [0.5, 0.6) is 0 Å². The van der Waals surface area contributed by atoms with E-state index >= 15 is 0 Å². The zero-order chi connectivity index (χ0) is 10.7. The van der Waals surface area contributed by atoms with Gasteiger partial charge in [0.2, 0.25) is 0 Å². The number of likely N-dealkylation sites (N-methyl/N-ethyl adjacent to an activating group) is 1. The molecule has 0 saturated carbocycles. The lowest BCUT2D eigenvalue weighted by Crippen LogP contribution is -2.25. The van der Waals surface area contributed by atoms with E-state index < -0.39 is 5.97 Å². The molecule has 0 aliphatic carbocycles. The average molecular weight is 199 g/mol. The molecule has 78 valence electrons. The highest BCUT2D eigenvalue weighted by molar-refractivity contribution is 5.72. The Bertz CT molecular complexity index is 321. The molecular weight excluding hydrogens is 186 g/mol. The molecule has 0 spiro atoms. The molecular formula is C8H13N3O3. The Morgan fingerprint density at radius 1 is 1.64 bits per heavy atom. The van der Waals surface area contributed by atoms with E-state index in [0.717, 1.165) is 0 Å². The summed E-state index contributed by atoms with van der Waals surface area (Å²) in [6.07, 6.45) is 0. The molecule has 0 atom stereocenters. The third-order valence-corrected chi connectivity index (χ3v) is 1.65. The molecule has 1 aromatic rings. The predicted octanol–water partition coefficient (Wildman–Crippen LogP) is 0.714. The second-order valence-electron chi connectivity index (χ2n) is 3.34. The fraction of sp³-hybridized carbons (Fsp3) is 0.625. The van der Waals surface area contributed by atoms with E-state index in [-0.39, 0.29) is 18.5 Å². The van der Waals surface area contributed by atoms with Crippen molar-refractivity contribution in [1.82, 2.24) is 10.1 Å². The van der Waals surface area contributed by atoms with E-state index in [4.69, 9.17) is 9.63 Å². The van der Waals surface area contributed by atoms with Gasteiger partial charge < -0.3 is 14.5 Å². The van der Waals surface area contributed by atoms with Gasteiger partial charge in [-0.1, -0.05) is 19.0 Å². The molecule has 0 bridgehead atoms. The highest BCUT2D eigenvalue weighted by atomic mass is 16.5. The highest BCUT2D eigenvalue weighted by Gasteiger charge is 2.14. The van der Waals surface area contributed by atoms with Gasteiger partial charge in [-0.25, -0.2) is 0 Å². The summed E-state index contributed by atoms with van der Waals surface area (Å²) < 4.78 is 4.89. The highest BCUT2D eigenvalue weighted by Crippen LogP contribution is 2.14. The number of hydrogen-bond acceptors (Lipinski definition) is 5. The minimum Gasteiger partial charge on any atom is -0.480 e. The number of rotatable bonds is 4. The zero-order valence-electron chi connectivity index (χ0n) is 8.39. The fourth-order valence-electron chi connectivity index (χ4n) is 0.886. The summed E-state index contributed by atoms with van der Waals surface area (Å²) in [5.74, 6) is -0.181. The molecule has 1 N–H and O–H groups in total. The minimum absolute atomic E-state index is 0.153. The molecule has 6 heteroatoms. The average Bonchev–Trinajstić information content (AvgIpc) is 2.50. The summed E-state index contributed by atoms with van der Waals surface area (Å²) in [4.78, 5) is 15.8. The summed E-state index contributed by atoms with van der Waals surface area (Å²) in [7, 11) is 1.59. The van der Waals surface area contributed by atoms with Crippen molar-refractivity contribution >= 4 is 12.0 Å². The van der Waals surface area contributed by atoms with Crippen molar-refractivity contribution in [3.8, 4) is 0 Å². The van der Waals surface area contributed by atoms with Crippen molar-refractivity contribution < 1.29 is 14.4 Å². The molecule has 0 aromatic carbocycles. The topological polar surface area (TPSA) is 79.5 Å². The summed E-state index contributed by atoms with van der Waals surface area (Å²) in [6, 6.07) is 0.233. The molecule has 1 rings (SSSR count). The molecule has 0 amide bonds. The first kappa shape index (κ1) is 10.5. The number of carbonyl (C=O) groups is 1. The van der Waals surface area contributed by atoms with E-state index in [0.29, 0.717) is 5.82 Å². The van der Waals surface area contributed by atoms with Crippen LogP contribution in [0.4, 0.5) is 6.01 Å². The van der Waals surface area contributed by atoms with Gasteiger partial charge in [0.25, 0.3) is 0 Å². The fourth-order valence-corrected chi connectivity index (χ4v) is 0.886. The van der Waals surface area contributed by atoms with Gasteiger partial charge in [0, 0.05) is 13.0 Å². The third kappa shape index (κ3) is 2.45. The SMILES string of the molecule is CC(C)c1noc(N(C)CC(=O)O)n1. The van der Waals surface area contributed by atoms with Gasteiger partial charge in [0.1, 0.15) is 6.54 Å². The van der Waals surface area contributed by atoms with Crippen LogP contribution in [0.15, 0.2) is 4.52 Å². The first-order valence-electron chi connectivity index (χ1n) is 4.27. The number of carboxylic acids is 1. The Balaban J connectivity index is 2.71. The second-order valence-corrected chi connectivity index (χ2v) is 3.34. The van der Waals surface area contributed by atoms with E-state index in [1.807, 2.05) is 13.8 Å². The molecule has 0 unspecified atom stereocenters. The Labute approximate surface area is 81.5 Å². The van der Waals surface area contributed by atoms with Crippen LogP contribution in [0.1, 0.15) is 25.6 Å². The molecule has 1 aromatic heterocycles. The van der Waals surface area contributed by atoms with Crippen molar-refractivity contribution in [2.45, 2.75) is 19.8 Å². The molecule has 1 heterocycles. The maximum Gasteiger partial charge on any atom is 0.324 e. The van der Waals surface area contributed by atoms with Crippen LogP contribution in [0.3, 0.4) is 0 Å². The number of anilines is 1. The van der Waals surface area contributed by atoms with Crippen LogP contribution in [0.25, 0.3) is 0 Å². The molecule has 14 heavy (non-hydrogen) atoms. The van der Waals surface area contributed by atoms with E-state index in [1.54, 1.807) is 7.05 Å². The Kier molecular flexibility index (Phi) is 3.06. The van der Waals surface area contributed by atoms with Crippen LogP contribution >= 0.6 is 0 Å². The Hall–Kier alpha value is -1.59. The monoisotopic (exact) mass is 199 g/mol. The van der Waals surface area contributed by atoms with E-state index in [9.17, 15) is 4.79 Å². The number of hydrogen-bond donors (Lipinski definition) is 1. The van der Waals surface area contributed by atoms with Crippen molar-refractivity contribution in [3.05, 3.63) is 5.82 Å². The standard InChI is InChI=1S/C8H13N3O3/c1-5(2)7-9-8(14-10-7)11(3)4-6(12)13/h5H,4H2,1-3H3,(H,12,13). The predicted molar refractivity (Wildman–Crippen MR) is 49.3 cm³/mol. The second kappa shape index (κ2) is 4.08. The van der Waals surface area contributed by atoms with E-state index in [2.05, 4.69) is 10.1 Å². The Morgan fingerprint density at radius 2 is 2.29 bits per heavy atom. The molecule has 6 nitrogen and oxygen atoms in total. The lowest BCUT2D eigenvalue weighted by atomic mass is 10.2. The lowest BCUT2D eigenvalue weighted by Gasteiger charge is -2.08. The van der Waals surface area contributed by atoms with Crippen LogP contribution in [-0.2, 0) is 4.79 Å². The van der Waals surface area contributed by atoms with Crippen molar-refractivity contribution in [2.24, 2.45) is 0 Å². The van der Waals surface area contributed by atoms with Gasteiger partial charge in [-0.3, -0.25) is 4.79 Å². The summed E-state index contributed by atoms with van der Waals surface area (Å²) in [6.45, 7) is 3.72. The zero-order valence-corrected chi connectivity index (χ0v) is 8.39. The minimum atomic E-state index is -0.934. The molecule has 0 aliphatic rings. The smallest absolute Gasteiger partial charge is 0.324 e. The molecule has 0 radical (unpaired) electrons.